The zero-order valence-corrected chi connectivity index (χ0v) is 20.7. The SMILES string of the molecule is CCCCCCCCC/C=C/CC(=O)CCCCCC(=O)CCCCCCC(=O)CC. The van der Waals surface area contributed by atoms with Crippen LogP contribution in [-0.4, -0.2) is 17.3 Å². The maximum Gasteiger partial charge on any atom is 0.136 e. The molecular weight excluding hydrogens is 384 g/mol. The third kappa shape index (κ3) is 23.2. The van der Waals surface area contributed by atoms with Crippen LogP contribution in [0.25, 0.3) is 0 Å². The topological polar surface area (TPSA) is 51.2 Å². The highest BCUT2D eigenvalue weighted by molar-refractivity contribution is 5.80. The lowest BCUT2D eigenvalue weighted by atomic mass is 10.0. The second-order valence-electron chi connectivity index (χ2n) is 9.03. The molecule has 0 aromatic carbocycles. The van der Waals surface area contributed by atoms with Crippen LogP contribution in [-0.2, 0) is 14.4 Å². The van der Waals surface area contributed by atoms with E-state index >= 15 is 0 Å². The molecule has 3 nitrogen and oxygen atoms in total. The molecule has 0 atom stereocenters. The summed E-state index contributed by atoms with van der Waals surface area (Å²) in [6, 6.07) is 0. The van der Waals surface area contributed by atoms with Crippen molar-refractivity contribution in [2.45, 2.75) is 149 Å². The first-order valence-corrected chi connectivity index (χ1v) is 13.3. The first-order chi connectivity index (χ1) is 15.1. The van der Waals surface area contributed by atoms with Crippen LogP contribution in [0.1, 0.15) is 149 Å². The molecule has 0 rings (SSSR count). The van der Waals surface area contributed by atoms with Gasteiger partial charge in [-0.15, -0.1) is 0 Å². The average Bonchev–Trinajstić information content (AvgIpc) is 2.76. The monoisotopic (exact) mass is 434 g/mol. The fourth-order valence-corrected chi connectivity index (χ4v) is 3.77. The fourth-order valence-electron chi connectivity index (χ4n) is 3.77. The second-order valence-corrected chi connectivity index (χ2v) is 9.03. The van der Waals surface area contributed by atoms with Crippen LogP contribution in [0.4, 0.5) is 0 Å². The molecule has 0 aromatic rings. The van der Waals surface area contributed by atoms with Crippen molar-refractivity contribution in [2.75, 3.05) is 0 Å². The van der Waals surface area contributed by atoms with Crippen molar-refractivity contribution >= 4 is 17.3 Å². The summed E-state index contributed by atoms with van der Waals surface area (Å²) in [5, 5.41) is 0. The molecule has 0 aliphatic heterocycles. The Morgan fingerprint density at radius 2 is 0.935 bits per heavy atom. The summed E-state index contributed by atoms with van der Waals surface area (Å²) >= 11 is 0. The number of hydrogen-bond donors (Lipinski definition) is 0. The Kier molecular flexibility index (Phi) is 22.5. The van der Waals surface area contributed by atoms with Gasteiger partial charge < -0.3 is 0 Å². The smallest absolute Gasteiger partial charge is 0.136 e. The molecule has 180 valence electrons. The van der Waals surface area contributed by atoms with Crippen LogP contribution >= 0.6 is 0 Å². The van der Waals surface area contributed by atoms with Crippen LogP contribution in [0.5, 0.6) is 0 Å². The molecule has 0 bridgehead atoms. The number of allylic oxidation sites excluding steroid dienone is 2. The quantitative estimate of drug-likeness (QED) is 0.113. The van der Waals surface area contributed by atoms with E-state index in [9.17, 15) is 14.4 Å². The summed E-state index contributed by atoms with van der Waals surface area (Å²) < 4.78 is 0. The van der Waals surface area contributed by atoms with Gasteiger partial charge in [0.2, 0.25) is 0 Å². The number of carbonyl (C=O) groups excluding carboxylic acids is 3. The van der Waals surface area contributed by atoms with E-state index in [4.69, 9.17) is 0 Å². The van der Waals surface area contributed by atoms with Gasteiger partial charge in [0.1, 0.15) is 17.3 Å². The number of Topliss-reactive ketones (excluding diaryl/α,β-unsaturated/α-hetero) is 3. The van der Waals surface area contributed by atoms with E-state index < -0.39 is 0 Å². The normalized spacial score (nSPS) is 11.3. The predicted octanol–water partition coefficient (Wildman–Crippen LogP) is 8.48. The Morgan fingerprint density at radius 3 is 1.52 bits per heavy atom. The predicted molar refractivity (Wildman–Crippen MR) is 132 cm³/mol. The van der Waals surface area contributed by atoms with Gasteiger partial charge in [0.15, 0.2) is 0 Å². The molecule has 0 N–H and O–H groups in total. The molecule has 3 heteroatoms. The maximum atomic E-state index is 11.9. The van der Waals surface area contributed by atoms with E-state index in [1.165, 1.54) is 44.9 Å². The highest BCUT2D eigenvalue weighted by atomic mass is 16.1. The average molecular weight is 435 g/mol. The molecule has 0 aliphatic carbocycles. The highest BCUT2D eigenvalue weighted by Gasteiger charge is 2.04. The van der Waals surface area contributed by atoms with Gasteiger partial charge >= 0.3 is 0 Å². The maximum absolute atomic E-state index is 11.9. The summed E-state index contributed by atoms with van der Waals surface area (Å²) in [6.07, 6.45) is 25.3. The standard InChI is InChI=1S/C28H50O3/c1-3-5-6-7-8-9-10-11-12-17-22-27(30)24-19-15-20-25-28(31)23-18-14-13-16-21-26(29)4-2/h12,17H,3-11,13-16,18-25H2,1-2H3/b17-12+. The van der Waals surface area contributed by atoms with E-state index in [0.29, 0.717) is 55.9 Å². The van der Waals surface area contributed by atoms with Crippen molar-refractivity contribution in [3.8, 4) is 0 Å². The minimum Gasteiger partial charge on any atom is -0.300 e. The Bertz CT molecular complexity index is 479. The molecule has 0 fully saturated rings. The molecule has 31 heavy (non-hydrogen) atoms. The van der Waals surface area contributed by atoms with E-state index in [1.54, 1.807) is 0 Å². The van der Waals surface area contributed by atoms with E-state index in [2.05, 4.69) is 13.0 Å². The van der Waals surface area contributed by atoms with Gasteiger partial charge in [-0.1, -0.05) is 83.8 Å². The summed E-state index contributed by atoms with van der Waals surface area (Å²) in [6.45, 7) is 4.16. The van der Waals surface area contributed by atoms with Crippen molar-refractivity contribution in [3.05, 3.63) is 12.2 Å². The zero-order valence-electron chi connectivity index (χ0n) is 20.7. The second kappa shape index (κ2) is 23.4. The van der Waals surface area contributed by atoms with Crippen LogP contribution in [0.15, 0.2) is 12.2 Å². The molecular formula is C28H50O3. The number of ketones is 3. The van der Waals surface area contributed by atoms with Crippen molar-refractivity contribution in [2.24, 2.45) is 0 Å². The van der Waals surface area contributed by atoms with Crippen LogP contribution in [0.3, 0.4) is 0 Å². The van der Waals surface area contributed by atoms with Gasteiger partial charge in [-0.25, -0.2) is 0 Å². The first-order valence-electron chi connectivity index (χ1n) is 13.3. The summed E-state index contributed by atoms with van der Waals surface area (Å²) in [4.78, 5) is 35.1. The Hall–Kier alpha value is -1.25. The summed E-state index contributed by atoms with van der Waals surface area (Å²) in [7, 11) is 0. The molecule has 0 amide bonds. The third-order valence-corrected chi connectivity index (χ3v) is 5.95. The van der Waals surface area contributed by atoms with Crippen LogP contribution < -0.4 is 0 Å². The number of rotatable bonds is 24. The number of hydrogen-bond acceptors (Lipinski definition) is 3. The molecule has 0 aromatic heterocycles. The van der Waals surface area contributed by atoms with Crippen LogP contribution in [0.2, 0.25) is 0 Å². The van der Waals surface area contributed by atoms with Crippen molar-refractivity contribution in [3.63, 3.8) is 0 Å². The fraction of sp³-hybridized carbons (Fsp3) is 0.821. The zero-order chi connectivity index (χ0) is 23.0. The highest BCUT2D eigenvalue weighted by Crippen LogP contribution is 2.12. The van der Waals surface area contributed by atoms with Crippen molar-refractivity contribution in [1.29, 1.82) is 0 Å². The first kappa shape index (κ1) is 29.8. The number of carbonyl (C=O) groups is 3. The van der Waals surface area contributed by atoms with Gasteiger partial charge in [-0.2, -0.15) is 0 Å². The van der Waals surface area contributed by atoms with Gasteiger partial charge in [0.05, 0.1) is 0 Å². The van der Waals surface area contributed by atoms with Gasteiger partial charge in [0.25, 0.3) is 0 Å². The Balaban J connectivity index is 3.41. The molecule has 0 radical (unpaired) electrons. The van der Waals surface area contributed by atoms with Crippen LogP contribution in [0, 0.1) is 0 Å². The molecule has 0 saturated heterocycles. The largest absolute Gasteiger partial charge is 0.300 e. The minimum atomic E-state index is 0.323. The molecule has 0 aliphatic rings. The molecule has 0 unspecified atom stereocenters. The third-order valence-electron chi connectivity index (χ3n) is 5.95. The van der Waals surface area contributed by atoms with E-state index in [1.807, 2.05) is 13.0 Å². The molecule has 0 saturated carbocycles. The summed E-state index contributed by atoms with van der Waals surface area (Å²) in [5.74, 6) is 1.02. The Morgan fingerprint density at radius 1 is 0.484 bits per heavy atom. The Labute approximate surface area is 192 Å². The van der Waals surface area contributed by atoms with Crippen molar-refractivity contribution in [1.82, 2.24) is 0 Å². The lowest BCUT2D eigenvalue weighted by molar-refractivity contribution is -0.120. The number of unbranched alkanes of at least 4 members (excludes halogenated alkanes) is 12. The molecule has 0 heterocycles. The van der Waals surface area contributed by atoms with Gasteiger partial charge in [-0.05, 0) is 38.5 Å². The van der Waals surface area contributed by atoms with Gasteiger partial charge in [-0.3, -0.25) is 14.4 Å². The van der Waals surface area contributed by atoms with E-state index in [0.717, 1.165) is 51.4 Å². The van der Waals surface area contributed by atoms with E-state index in [-0.39, 0.29) is 0 Å². The lowest BCUT2D eigenvalue weighted by Crippen LogP contribution is -1.99. The van der Waals surface area contributed by atoms with Gasteiger partial charge in [0, 0.05) is 38.5 Å². The minimum absolute atomic E-state index is 0.323. The lowest BCUT2D eigenvalue weighted by Gasteiger charge is -2.02. The van der Waals surface area contributed by atoms with Crippen molar-refractivity contribution < 1.29 is 14.4 Å². The molecule has 0 spiro atoms. The summed E-state index contributed by atoms with van der Waals surface area (Å²) in [5.41, 5.74) is 0.